The highest BCUT2D eigenvalue weighted by Gasteiger charge is 2.10. The third kappa shape index (κ3) is 2.60. The summed E-state index contributed by atoms with van der Waals surface area (Å²) in [5, 5.41) is 4.62. The summed E-state index contributed by atoms with van der Waals surface area (Å²) >= 11 is 5.92. The number of carbonyl (C=O) groups is 1. The Labute approximate surface area is 126 Å². The van der Waals surface area contributed by atoms with Crippen LogP contribution in [0.3, 0.4) is 0 Å². The van der Waals surface area contributed by atoms with Crippen LogP contribution in [-0.2, 0) is 4.74 Å². The number of hydrogen-bond donors (Lipinski definition) is 0. The first-order chi connectivity index (χ1) is 10.2. The summed E-state index contributed by atoms with van der Waals surface area (Å²) in [4.78, 5) is 15.9. The van der Waals surface area contributed by atoms with E-state index in [1.807, 2.05) is 12.1 Å². The molecule has 0 aliphatic heterocycles. The van der Waals surface area contributed by atoms with Crippen LogP contribution in [0.4, 0.5) is 0 Å². The van der Waals surface area contributed by atoms with E-state index >= 15 is 0 Å². The maximum atomic E-state index is 11.6. The van der Waals surface area contributed by atoms with Gasteiger partial charge in [-0.3, -0.25) is 0 Å². The molecule has 0 bridgehead atoms. The number of benzene rings is 1. The molecular weight excluding hydrogens is 290 g/mol. The SMILES string of the molecule is CCOC(=O)c1ccc(-c2cnc3ccc(Cl)nn23)cc1. The maximum Gasteiger partial charge on any atom is 0.338 e. The number of carbonyl (C=O) groups excluding carboxylic acids is 1. The second kappa shape index (κ2) is 5.54. The lowest BCUT2D eigenvalue weighted by atomic mass is 10.1. The van der Waals surface area contributed by atoms with Crippen LogP contribution in [-0.4, -0.2) is 27.2 Å². The Morgan fingerprint density at radius 2 is 2.00 bits per heavy atom. The Morgan fingerprint density at radius 3 is 2.71 bits per heavy atom. The number of nitrogens with zero attached hydrogens (tertiary/aromatic N) is 3. The monoisotopic (exact) mass is 301 g/mol. The van der Waals surface area contributed by atoms with Gasteiger partial charge in [0.1, 0.15) is 5.15 Å². The molecule has 0 aliphatic rings. The summed E-state index contributed by atoms with van der Waals surface area (Å²) < 4.78 is 6.63. The van der Waals surface area contributed by atoms with Gasteiger partial charge in [0.05, 0.1) is 24.1 Å². The van der Waals surface area contributed by atoms with Crippen molar-refractivity contribution in [3.63, 3.8) is 0 Å². The van der Waals surface area contributed by atoms with Crippen molar-refractivity contribution in [3.8, 4) is 11.3 Å². The number of halogens is 1. The molecule has 5 nitrogen and oxygen atoms in total. The van der Waals surface area contributed by atoms with Gasteiger partial charge >= 0.3 is 5.97 Å². The quantitative estimate of drug-likeness (QED) is 0.697. The molecule has 0 N–H and O–H groups in total. The Kier molecular flexibility index (Phi) is 3.58. The van der Waals surface area contributed by atoms with Crippen LogP contribution in [0.25, 0.3) is 16.9 Å². The highest BCUT2D eigenvalue weighted by atomic mass is 35.5. The fraction of sp³-hybridized carbons (Fsp3) is 0.133. The first-order valence-electron chi connectivity index (χ1n) is 6.47. The minimum atomic E-state index is -0.330. The lowest BCUT2D eigenvalue weighted by Gasteiger charge is -2.04. The topological polar surface area (TPSA) is 56.5 Å². The average Bonchev–Trinajstić information content (AvgIpc) is 2.90. The minimum Gasteiger partial charge on any atom is -0.462 e. The van der Waals surface area contributed by atoms with E-state index in [2.05, 4.69) is 10.1 Å². The fourth-order valence-electron chi connectivity index (χ4n) is 2.04. The lowest BCUT2D eigenvalue weighted by Crippen LogP contribution is -2.04. The predicted molar refractivity (Wildman–Crippen MR) is 79.4 cm³/mol. The molecule has 0 saturated heterocycles. The van der Waals surface area contributed by atoms with E-state index in [4.69, 9.17) is 16.3 Å². The number of aromatic nitrogens is 3. The summed E-state index contributed by atoms with van der Waals surface area (Å²) in [5.74, 6) is -0.330. The molecule has 3 aromatic rings. The van der Waals surface area contributed by atoms with Gasteiger partial charge in [0.15, 0.2) is 5.65 Å². The Balaban J connectivity index is 1.99. The third-order valence-electron chi connectivity index (χ3n) is 3.02. The summed E-state index contributed by atoms with van der Waals surface area (Å²) in [6.07, 6.45) is 1.72. The number of imidazole rings is 1. The van der Waals surface area contributed by atoms with E-state index in [1.54, 1.807) is 41.9 Å². The molecular formula is C15H12ClN3O2. The van der Waals surface area contributed by atoms with Gasteiger partial charge in [-0.15, -0.1) is 0 Å². The van der Waals surface area contributed by atoms with E-state index in [0.717, 1.165) is 11.3 Å². The number of rotatable bonds is 3. The zero-order valence-electron chi connectivity index (χ0n) is 11.3. The van der Waals surface area contributed by atoms with Crippen molar-refractivity contribution in [2.24, 2.45) is 0 Å². The Hall–Kier alpha value is -2.40. The summed E-state index contributed by atoms with van der Waals surface area (Å²) in [6, 6.07) is 10.6. The highest BCUT2D eigenvalue weighted by Crippen LogP contribution is 2.21. The maximum absolute atomic E-state index is 11.6. The van der Waals surface area contributed by atoms with Gasteiger partial charge in [0.25, 0.3) is 0 Å². The average molecular weight is 302 g/mol. The van der Waals surface area contributed by atoms with Gasteiger partial charge in [-0.2, -0.15) is 5.10 Å². The summed E-state index contributed by atoms with van der Waals surface area (Å²) in [6.45, 7) is 2.14. The normalized spacial score (nSPS) is 10.8. The van der Waals surface area contributed by atoms with Crippen molar-refractivity contribution in [2.75, 3.05) is 6.61 Å². The number of hydrogen-bond acceptors (Lipinski definition) is 4. The third-order valence-corrected chi connectivity index (χ3v) is 3.22. The molecule has 6 heteroatoms. The number of esters is 1. The van der Waals surface area contributed by atoms with Crippen molar-refractivity contribution in [3.05, 3.63) is 53.3 Å². The van der Waals surface area contributed by atoms with Gasteiger partial charge in [-0.1, -0.05) is 23.7 Å². The molecule has 0 atom stereocenters. The predicted octanol–water partition coefficient (Wildman–Crippen LogP) is 3.23. The molecule has 2 heterocycles. The standard InChI is InChI=1S/C15H12ClN3O2/c1-2-21-15(20)11-5-3-10(4-6-11)12-9-17-14-8-7-13(16)18-19(12)14/h3-9H,2H2,1H3. The van der Waals surface area contributed by atoms with Crippen molar-refractivity contribution >= 4 is 23.2 Å². The largest absolute Gasteiger partial charge is 0.462 e. The first kappa shape index (κ1) is 13.6. The van der Waals surface area contributed by atoms with Crippen molar-refractivity contribution in [1.29, 1.82) is 0 Å². The van der Waals surface area contributed by atoms with Gasteiger partial charge in [0.2, 0.25) is 0 Å². The van der Waals surface area contributed by atoms with E-state index in [1.165, 1.54) is 0 Å². The van der Waals surface area contributed by atoms with Crippen LogP contribution in [0.1, 0.15) is 17.3 Å². The second-order valence-electron chi connectivity index (χ2n) is 4.37. The Bertz CT molecular complexity index is 796. The molecule has 2 aromatic heterocycles. The minimum absolute atomic E-state index is 0.330. The molecule has 0 amide bonds. The van der Waals surface area contributed by atoms with Crippen LogP contribution in [0.2, 0.25) is 5.15 Å². The van der Waals surface area contributed by atoms with Crippen LogP contribution in [0.15, 0.2) is 42.6 Å². The number of ether oxygens (including phenoxy) is 1. The van der Waals surface area contributed by atoms with Crippen LogP contribution in [0.5, 0.6) is 0 Å². The first-order valence-corrected chi connectivity index (χ1v) is 6.84. The van der Waals surface area contributed by atoms with Crippen LogP contribution in [0, 0.1) is 0 Å². The molecule has 0 saturated carbocycles. The molecule has 0 aliphatic carbocycles. The second-order valence-corrected chi connectivity index (χ2v) is 4.75. The molecule has 21 heavy (non-hydrogen) atoms. The molecule has 106 valence electrons. The van der Waals surface area contributed by atoms with Crippen molar-refractivity contribution in [2.45, 2.75) is 6.92 Å². The van der Waals surface area contributed by atoms with Gasteiger partial charge in [0, 0.05) is 5.56 Å². The zero-order valence-corrected chi connectivity index (χ0v) is 12.0. The smallest absolute Gasteiger partial charge is 0.338 e. The number of fused-ring (bicyclic) bond motifs is 1. The molecule has 0 radical (unpaired) electrons. The van der Waals surface area contributed by atoms with Gasteiger partial charge in [-0.05, 0) is 31.2 Å². The van der Waals surface area contributed by atoms with E-state index in [-0.39, 0.29) is 5.97 Å². The molecule has 0 unspecified atom stereocenters. The van der Waals surface area contributed by atoms with E-state index in [9.17, 15) is 4.79 Å². The van der Waals surface area contributed by atoms with E-state index < -0.39 is 0 Å². The van der Waals surface area contributed by atoms with Crippen LogP contribution >= 0.6 is 11.6 Å². The zero-order chi connectivity index (χ0) is 14.8. The summed E-state index contributed by atoms with van der Waals surface area (Å²) in [7, 11) is 0. The van der Waals surface area contributed by atoms with Gasteiger partial charge < -0.3 is 4.74 Å². The fourth-order valence-corrected chi connectivity index (χ4v) is 2.18. The van der Waals surface area contributed by atoms with Gasteiger partial charge in [-0.25, -0.2) is 14.3 Å². The van der Waals surface area contributed by atoms with Crippen molar-refractivity contribution in [1.82, 2.24) is 14.6 Å². The molecule has 1 aromatic carbocycles. The van der Waals surface area contributed by atoms with Crippen molar-refractivity contribution < 1.29 is 9.53 Å². The molecule has 0 spiro atoms. The molecule has 3 rings (SSSR count). The highest BCUT2D eigenvalue weighted by molar-refractivity contribution is 6.29. The Morgan fingerprint density at radius 1 is 1.24 bits per heavy atom. The lowest BCUT2D eigenvalue weighted by molar-refractivity contribution is 0.0526. The van der Waals surface area contributed by atoms with Crippen LogP contribution < -0.4 is 0 Å². The molecule has 0 fully saturated rings. The van der Waals surface area contributed by atoms with E-state index in [0.29, 0.717) is 23.0 Å². The summed E-state index contributed by atoms with van der Waals surface area (Å²) in [5.41, 5.74) is 2.93.